The Morgan fingerprint density at radius 1 is 0.792 bits per heavy atom. The van der Waals surface area contributed by atoms with Gasteiger partial charge < -0.3 is 4.90 Å². The molecule has 0 unspecified atom stereocenters. The molecular formula is C21H23NO2. The smallest absolute Gasteiger partial charge is 0.253 e. The van der Waals surface area contributed by atoms with Crippen LogP contribution in [0.15, 0.2) is 54.6 Å². The summed E-state index contributed by atoms with van der Waals surface area (Å²) < 4.78 is 0. The number of hydrogen-bond donors (Lipinski definition) is 0. The van der Waals surface area contributed by atoms with Crippen molar-refractivity contribution in [2.24, 2.45) is 11.8 Å². The summed E-state index contributed by atoms with van der Waals surface area (Å²) in [5.74, 6) is 1.12. The molecule has 1 saturated heterocycles. The lowest BCUT2D eigenvalue weighted by molar-refractivity contribution is 0.0623. The first-order chi connectivity index (χ1) is 11.5. The van der Waals surface area contributed by atoms with Crippen molar-refractivity contribution in [1.82, 2.24) is 4.90 Å². The van der Waals surface area contributed by atoms with Crippen LogP contribution in [0.1, 0.15) is 46.5 Å². The number of amides is 1. The maximum Gasteiger partial charge on any atom is 0.253 e. The molecular weight excluding hydrogens is 298 g/mol. The standard InChI is InChI=1S/C21H23NO2/c1-15-12-16(2)14-22(13-15)21(24)19-10-8-18(9-11-19)20(23)17-6-4-3-5-7-17/h3-11,15-16H,12-14H2,1-2H3/t15-,16-/m0/s1. The van der Waals surface area contributed by atoms with Crippen molar-refractivity contribution < 1.29 is 9.59 Å². The van der Waals surface area contributed by atoms with Gasteiger partial charge >= 0.3 is 0 Å². The molecule has 0 spiro atoms. The van der Waals surface area contributed by atoms with Gasteiger partial charge in [0, 0.05) is 29.8 Å². The first kappa shape index (κ1) is 16.4. The van der Waals surface area contributed by atoms with Crippen molar-refractivity contribution in [2.45, 2.75) is 20.3 Å². The monoisotopic (exact) mass is 321 g/mol. The molecule has 0 aliphatic carbocycles. The molecule has 1 fully saturated rings. The van der Waals surface area contributed by atoms with Crippen LogP contribution >= 0.6 is 0 Å². The van der Waals surface area contributed by atoms with Gasteiger partial charge in [-0.1, -0.05) is 56.3 Å². The van der Waals surface area contributed by atoms with E-state index in [4.69, 9.17) is 0 Å². The zero-order valence-corrected chi connectivity index (χ0v) is 14.2. The van der Waals surface area contributed by atoms with Crippen LogP contribution < -0.4 is 0 Å². The fourth-order valence-electron chi connectivity index (χ4n) is 3.53. The zero-order valence-electron chi connectivity index (χ0n) is 14.2. The van der Waals surface area contributed by atoms with E-state index in [-0.39, 0.29) is 11.7 Å². The zero-order chi connectivity index (χ0) is 17.1. The molecule has 2 atom stereocenters. The molecule has 3 heteroatoms. The van der Waals surface area contributed by atoms with E-state index in [2.05, 4.69) is 13.8 Å². The van der Waals surface area contributed by atoms with E-state index in [1.54, 1.807) is 36.4 Å². The Balaban J connectivity index is 1.74. The first-order valence-corrected chi connectivity index (χ1v) is 8.53. The predicted octanol–water partition coefficient (Wildman–Crippen LogP) is 4.04. The lowest BCUT2D eigenvalue weighted by atomic mass is 9.91. The molecule has 0 bridgehead atoms. The van der Waals surface area contributed by atoms with Crippen molar-refractivity contribution in [3.05, 3.63) is 71.3 Å². The number of nitrogens with zero attached hydrogens (tertiary/aromatic N) is 1. The molecule has 1 amide bonds. The second-order valence-electron chi connectivity index (χ2n) is 6.93. The van der Waals surface area contributed by atoms with Crippen LogP contribution in [-0.4, -0.2) is 29.7 Å². The van der Waals surface area contributed by atoms with Crippen LogP contribution in [0.4, 0.5) is 0 Å². The molecule has 1 heterocycles. The van der Waals surface area contributed by atoms with Gasteiger partial charge in [-0.15, -0.1) is 0 Å². The van der Waals surface area contributed by atoms with Crippen LogP contribution in [0, 0.1) is 11.8 Å². The van der Waals surface area contributed by atoms with E-state index in [0.717, 1.165) is 13.1 Å². The van der Waals surface area contributed by atoms with Crippen LogP contribution in [0.3, 0.4) is 0 Å². The van der Waals surface area contributed by atoms with Gasteiger partial charge in [0.15, 0.2) is 5.78 Å². The van der Waals surface area contributed by atoms with Crippen LogP contribution in [0.2, 0.25) is 0 Å². The SMILES string of the molecule is C[C@H]1C[C@H](C)CN(C(=O)c2ccc(C(=O)c3ccccc3)cc2)C1. The molecule has 1 aliphatic heterocycles. The fourth-order valence-corrected chi connectivity index (χ4v) is 3.53. The number of carbonyl (C=O) groups is 2. The second kappa shape index (κ2) is 7.00. The van der Waals surface area contributed by atoms with Crippen molar-refractivity contribution in [2.75, 3.05) is 13.1 Å². The third-order valence-corrected chi connectivity index (χ3v) is 4.59. The van der Waals surface area contributed by atoms with Crippen molar-refractivity contribution in [1.29, 1.82) is 0 Å². The van der Waals surface area contributed by atoms with Crippen molar-refractivity contribution in [3.63, 3.8) is 0 Å². The summed E-state index contributed by atoms with van der Waals surface area (Å²) in [6, 6.07) is 16.2. The van der Waals surface area contributed by atoms with Crippen LogP contribution in [0.25, 0.3) is 0 Å². The highest BCUT2D eigenvalue weighted by molar-refractivity contribution is 6.09. The summed E-state index contributed by atoms with van der Waals surface area (Å²) in [6.45, 7) is 6.01. The topological polar surface area (TPSA) is 37.4 Å². The normalized spacial score (nSPS) is 20.7. The number of piperidine rings is 1. The van der Waals surface area contributed by atoms with Crippen molar-refractivity contribution >= 4 is 11.7 Å². The van der Waals surface area contributed by atoms with Crippen LogP contribution in [-0.2, 0) is 0 Å². The fraction of sp³-hybridized carbons (Fsp3) is 0.333. The number of likely N-dealkylation sites (tertiary alicyclic amines) is 1. The average molecular weight is 321 g/mol. The van der Waals surface area contributed by atoms with Gasteiger partial charge in [-0.05, 0) is 30.4 Å². The molecule has 124 valence electrons. The lowest BCUT2D eigenvalue weighted by Crippen LogP contribution is -2.42. The Bertz CT molecular complexity index is 711. The number of benzene rings is 2. The van der Waals surface area contributed by atoms with Gasteiger partial charge in [-0.25, -0.2) is 0 Å². The molecule has 0 N–H and O–H groups in total. The van der Waals surface area contributed by atoms with E-state index < -0.39 is 0 Å². The summed E-state index contributed by atoms with van der Waals surface area (Å²) in [5.41, 5.74) is 1.93. The van der Waals surface area contributed by atoms with Crippen molar-refractivity contribution in [3.8, 4) is 0 Å². The van der Waals surface area contributed by atoms with Gasteiger partial charge in [-0.3, -0.25) is 9.59 Å². The number of ketones is 1. The highest BCUT2D eigenvalue weighted by atomic mass is 16.2. The van der Waals surface area contributed by atoms with E-state index in [1.165, 1.54) is 6.42 Å². The largest absolute Gasteiger partial charge is 0.338 e. The Labute approximate surface area is 143 Å². The Hall–Kier alpha value is -2.42. The third kappa shape index (κ3) is 3.56. The minimum absolute atomic E-state index is 0.0187. The van der Waals surface area contributed by atoms with Gasteiger partial charge in [0.25, 0.3) is 5.91 Å². The van der Waals surface area contributed by atoms with E-state index in [1.807, 2.05) is 23.1 Å². The Kier molecular flexibility index (Phi) is 4.79. The minimum Gasteiger partial charge on any atom is -0.338 e. The van der Waals surface area contributed by atoms with E-state index in [0.29, 0.717) is 28.5 Å². The molecule has 0 saturated carbocycles. The van der Waals surface area contributed by atoms with Gasteiger partial charge in [0.1, 0.15) is 0 Å². The third-order valence-electron chi connectivity index (χ3n) is 4.59. The molecule has 24 heavy (non-hydrogen) atoms. The summed E-state index contributed by atoms with van der Waals surface area (Å²) in [6.07, 6.45) is 1.17. The summed E-state index contributed by atoms with van der Waals surface area (Å²) >= 11 is 0. The number of carbonyl (C=O) groups excluding carboxylic acids is 2. The molecule has 0 aromatic heterocycles. The van der Waals surface area contributed by atoms with E-state index >= 15 is 0 Å². The average Bonchev–Trinajstić information content (AvgIpc) is 2.60. The maximum atomic E-state index is 12.7. The Morgan fingerprint density at radius 2 is 1.29 bits per heavy atom. The number of hydrogen-bond acceptors (Lipinski definition) is 2. The maximum absolute atomic E-state index is 12.7. The molecule has 0 radical (unpaired) electrons. The summed E-state index contributed by atoms with van der Waals surface area (Å²) in [7, 11) is 0. The predicted molar refractivity (Wildman–Crippen MR) is 95.2 cm³/mol. The quantitative estimate of drug-likeness (QED) is 0.800. The first-order valence-electron chi connectivity index (χ1n) is 8.53. The highest BCUT2D eigenvalue weighted by Crippen LogP contribution is 2.22. The van der Waals surface area contributed by atoms with E-state index in [9.17, 15) is 9.59 Å². The second-order valence-corrected chi connectivity index (χ2v) is 6.93. The molecule has 1 aliphatic rings. The highest BCUT2D eigenvalue weighted by Gasteiger charge is 2.26. The van der Waals surface area contributed by atoms with Gasteiger partial charge in [-0.2, -0.15) is 0 Å². The molecule has 3 nitrogen and oxygen atoms in total. The molecule has 3 rings (SSSR count). The van der Waals surface area contributed by atoms with Gasteiger partial charge in [0.05, 0.1) is 0 Å². The lowest BCUT2D eigenvalue weighted by Gasteiger charge is -2.35. The summed E-state index contributed by atoms with van der Waals surface area (Å²) in [5, 5.41) is 0. The molecule has 2 aromatic carbocycles. The van der Waals surface area contributed by atoms with Gasteiger partial charge in [0.2, 0.25) is 0 Å². The summed E-state index contributed by atoms with van der Waals surface area (Å²) in [4.78, 5) is 27.0. The van der Waals surface area contributed by atoms with Crippen LogP contribution in [0.5, 0.6) is 0 Å². The number of rotatable bonds is 3. The Morgan fingerprint density at radius 3 is 1.88 bits per heavy atom. The minimum atomic E-state index is -0.0187. The molecule has 2 aromatic rings.